The fraction of sp³-hybridized carbons (Fsp3) is 0.333. The van der Waals surface area contributed by atoms with Crippen molar-refractivity contribution in [3.63, 3.8) is 0 Å². The summed E-state index contributed by atoms with van der Waals surface area (Å²) in [6.45, 7) is 3.94. The minimum Gasteiger partial charge on any atom is -0.241 e. The quantitative estimate of drug-likeness (QED) is 0.757. The zero-order chi connectivity index (χ0) is 19.5. The molecule has 0 bridgehead atoms. The molecule has 0 aliphatic heterocycles. The molecule has 0 aliphatic rings. The number of sulfonamides is 1. The number of thiol groups is 1. The van der Waals surface area contributed by atoms with E-state index in [2.05, 4.69) is 22.6 Å². The second kappa shape index (κ2) is 8.18. The van der Waals surface area contributed by atoms with Crippen LogP contribution in [0.3, 0.4) is 0 Å². The summed E-state index contributed by atoms with van der Waals surface area (Å²) in [5.74, 6) is 0.292. The standard InChI is InChI=1S/C18H22FN3O2S2/c1-12(2)16-15(6-5-11-25)17(13-7-9-14(19)10-8-13)21-18(20-16)22(3)26(4,23)24/h5-10,12,25H,11H2,1-4H3/b6-5+. The Morgan fingerprint density at radius 3 is 2.35 bits per heavy atom. The molecule has 0 aliphatic carbocycles. The van der Waals surface area contributed by atoms with E-state index >= 15 is 0 Å². The Kier molecular flexibility index (Phi) is 6.41. The first-order valence-electron chi connectivity index (χ1n) is 8.04. The lowest BCUT2D eigenvalue weighted by molar-refractivity contribution is 0.599. The van der Waals surface area contributed by atoms with Crippen molar-refractivity contribution in [2.24, 2.45) is 0 Å². The monoisotopic (exact) mass is 395 g/mol. The second-order valence-corrected chi connectivity index (χ2v) is 8.53. The molecule has 5 nitrogen and oxygen atoms in total. The van der Waals surface area contributed by atoms with Crippen molar-refractivity contribution in [3.05, 3.63) is 47.4 Å². The summed E-state index contributed by atoms with van der Waals surface area (Å²) in [5.41, 5.74) is 2.71. The van der Waals surface area contributed by atoms with E-state index in [9.17, 15) is 12.8 Å². The minimum absolute atomic E-state index is 0.0310. The van der Waals surface area contributed by atoms with Crippen LogP contribution in [-0.2, 0) is 10.0 Å². The summed E-state index contributed by atoms with van der Waals surface area (Å²) in [7, 11) is -2.11. The third kappa shape index (κ3) is 4.62. The highest BCUT2D eigenvalue weighted by molar-refractivity contribution is 7.92. The summed E-state index contributed by atoms with van der Waals surface area (Å²) in [4.78, 5) is 8.95. The highest BCUT2D eigenvalue weighted by atomic mass is 32.2. The van der Waals surface area contributed by atoms with Gasteiger partial charge < -0.3 is 0 Å². The molecule has 0 amide bonds. The van der Waals surface area contributed by atoms with Crippen LogP contribution < -0.4 is 4.31 Å². The largest absolute Gasteiger partial charge is 0.241 e. The van der Waals surface area contributed by atoms with Crippen LogP contribution in [0, 0.1) is 5.82 Å². The van der Waals surface area contributed by atoms with Gasteiger partial charge in [-0.15, -0.1) is 0 Å². The lowest BCUT2D eigenvalue weighted by Gasteiger charge is -2.20. The summed E-state index contributed by atoms with van der Waals surface area (Å²) in [6.07, 6.45) is 4.82. The molecule has 0 radical (unpaired) electrons. The molecule has 0 saturated heterocycles. The second-order valence-electron chi connectivity index (χ2n) is 6.15. The van der Waals surface area contributed by atoms with Crippen LogP contribution in [0.5, 0.6) is 0 Å². The number of nitrogens with zero attached hydrogens (tertiary/aromatic N) is 3. The number of hydrogen-bond acceptors (Lipinski definition) is 5. The van der Waals surface area contributed by atoms with Gasteiger partial charge in [0.05, 0.1) is 17.6 Å². The molecule has 1 aromatic heterocycles. The molecule has 8 heteroatoms. The highest BCUT2D eigenvalue weighted by Gasteiger charge is 2.21. The van der Waals surface area contributed by atoms with Crippen LogP contribution in [0.25, 0.3) is 17.3 Å². The van der Waals surface area contributed by atoms with E-state index in [-0.39, 0.29) is 17.7 Å². The first kappa shape index (κ1) is 20.4. The first-order chi connectivity index (χ1) is 12.1. The molecule has 0 fully saturated rings. The molecule has 2 rings (SSSR count). The van der Waals surface area contributed by atoms with Gasteiger partial charge in [-0.2, -0.15) is 12.6 Å². The first-order valence-corrected chi connectivity index (χ1v) is 10.5. The maximum Gasteiger partial charge on any atom is 0.239 e. The lowest BCUT2D eigenvalue weighted by atomic mass is 9.98. The Morgan fingerprint density at radius 1 is 1.23 bits per heavy atom. The van der Waals surface area contributed by atoms with Crippen molar-refractivity contribution in [1.29, 1.82) is 0 Å². The van der Waals surface area contributed by atoms with Gasteiger partial charge in [0.25, 0.3) is 0 Å². The Hall–Kier alpha value is -1.93. The fourth-order valence-electron chi connectivity index (χ4n) is 2.37. The van der Waals surface area contributed by atoms with Gasteiger partial charge in [-0.25, -0.2) is 27.1 Å². The van der Waals surface area contributed by atoms with Gasteiger partial charge in [0.15, 0.2) is 0 Å². The van der Waals surface area contributed by atoms with Crippen LogP contribution >= 0.6 is 12.6 Å². The van der Waals surface area contributed by atoms with E-state index in [1.807, 2.05) is 26.0 Å². The molecule has 0 unspecified atom stereocenters. The molecule has 26 heavy (non-hydrogen) atoms. The van der Waals surface area contributed by atoms with Crippen molar-refractivity contribution >= 4 is 34.7 Å². The summed E-state index contributed by atoms with van der Waals surface area (Å²) >= 11 is 4.20. The molecule has 0 N–H and O–H groups in total. The molecule has 1 aromatic carbocycles. The highest BCUT2D eigenvalue weighted by Crippen LogP contribution is 2.31. The molecule has 140 valence electrons. The van der Waals surface area contributed by atoms with Crippen LogP contribution in [-0.4, -0.2) is 37.4 Å². The molecule has 0 spiro atoms. The zero-order valence-corrected chi connectivity index (χ0v) is 16.9. The molecule has 2 aromatic rings. The van der Waals surface area contributed by atoms with Gasteiger partial charge in [0, 0.05) is 23.9 Å². The van der Waals surface area contributed by atoms with E-state index in [1.165, 1.54) is 19.2 Å². The SMILES string of the molecule is CC(C)c1nc(N(C)S(C)(=O)=O)nc(-c2ccc(F)cc2)c1/C=C/CS. The van der Waals surface area contributed by atoms with Crippen molar-refractivity contribution in [2.45, 2.75) is 19.8 Å². The molecular formula is C18H22FN3O2S2. The molecule has 1 heterocycles. The number of aromatic nitrogens is 2. The zero-order valence-electron chi connectivity index (χ0n) is 15.1. The van der Waals surface area contributed by atoms with E-state index in [0.717, 1.165) is 16.1 Å². The predicted octanol–water partition coefficient (Wildman–Crippen LogP) is 3.74. The van der Waals surface area contributed by atoms with E-state index < -0.39 is 10.0 Å². The lowest BCUT2D eigenvalue weighted by Crippen LogP contribution is -2.27. The fourth-order valence-corrected chi connectivity index (χ4v) is 2.85. The van der Waals surface area contributed by atoms with Crippen molar-refractivity contribution < 1.29 is 12.8 Å². The third-order valence-electron chi connectivity index (χ3n) is 3.80. The van der Waals surface area contributed by atoms with Crippen LogP contribution in [0.15, 0.2) is 30.3 Å². The van der Waals surface area contributed by atoms with E-state index in [1.54, 1.807) is 12.1 Å². The number of anilines is 1. The maximum absolute atomic E-state index is 13.3. The average Bonchev–Trinajstić information content (AvgIpc) is 2.58. The van der Waals surface area contributed by atoms with Crippen LogP contribution in [0.1, 0.15) is 31.0 Å². The van der Waals surface area contributed by atoms with Gasteiger partial charge in [0.2, 0.25) is 16.0 Å². The maximum atomic E-state index is 13.3. The van der Waals surface area contributed by atoms with E-state index in [0.29, 0.717) is 22.7 Å². The third-order valence-corrected chi connectivity index (χ3v) is 5.17. The summed E-state index contributed by atoms with van der Waals surface area (Å²) in [5, 5.41) is 0. The Labute approximate surface area is 159 Å². The smallest absolute Gasteiger partial charge is 0.239 e. The number of benzene rings is 1. The Balaban J connectivity index is 2.81. The molecular weight excluding hydrogens is 373 g/mol. The van der Waals surface area contributed by atoms with Gasteiger partial charge in [-0.1, -0.05) is 26.0 Å². The molecule has 0 saturated carbocycles. The number of hydrogen-bond donors (Lipinski definition) is 1. The van der Waals surface area contributed by atoms with Crippen molar-refractivity contribution in [3.8, 4) is 11.3 Å². The van der Waals surface area contributed by atoms with Crippen molar-refractivity contribution in [2.75, 3.05) is 23.4 Å². The Bertz CT molecular complexity index is 911. The van der Waals surface area contributed by atoms with Crippen LogP contribution in [0.4, 0.5) is 10.3 Å². The number of rotatable bonds is 6. The van der Waals surface area contributed by atoms with Gasteiger partial charge >= 0.3 is 0 Å². The van der Waals surface area contributed by atoms with Gasteiger partial charge in [-0.05, 0) is 30.2 Å². The minimum atomic E-state index is -3.52. The number of halogens is 1. The topological polar surface area (TPSA) is 63.2 Å². The van der Waals surface area contributed by atoms with E-state index in [4.69, 9.17) is 0 Å². The summed E-state index contributed by atoms with van der Waals surface area (Å²) < 4.78 is 38.2. The summed E-state index contributed by atoms with van der Waals surface area (Å²) in [6, 6.07) is 5.92. The molecule has 0 atom stereocenters. The predicted molar refractivity (Wildman–Crippen MR) is 108 cm³/mol. The Morgan fingerprint density at radius 2 is 1.85 bits per heavy atom. The normalized spacial score (nSPS) is 12.1. The average molecular weight is 396 g/mol. The van der Waals surface area contributed by atoms with Gasteiger partial charge in [-0.3, -0.25) is 0 Å². The van der Waals surface area contributed by atoms with Crippen molar-refractivity contribution in [1.82, 2.24) is 9.97 Å². The van der Waals surface area contributed by atoms with Gasteiger partial charge in [0.1, 0.15) is 5.82 Å². The van der Waals surface area contributed by atoms with Crippen LogP contribution in [0.2, 0.25) is 0 Å².